The number of carbonyl (C=O) groups excluding carboxylic acids is 1. The average molecular weight is 343 g/mol. The van der Waals surface area contributed by atoms with E-state index in [1.54, 1.807) is 0 Å². The molecule has 5 heteroatoms. The molecule has 1 saturated carbocycles. The number of nitrogens with two attached hydrogens (primary N) is 1. The predicted octanol–water partition coefficient (Wildman–Crippen LogP) is 3.36. The molecule has 1 aromatic carbocycles. The molecular weight excluding hydrogens is 324 g/mol. The monoisotopic (exact) mass is 342 g/mol. The van der Waals surface area contributed by atoms with Crippen molar-refractivity contribution in [3.63, 3.8) is 0 Å². The summed E-state index contributed by atoms with van der Waals surface area (Å²) in [6, 6.07) is 3.65. The molecule has 2 rings (SSSR count). The van der Waals surface area contributed by atoms with Crippen LogP contribution in [0.1, 0.15) is 35.2 Å². The first-order valence-electron chi connectivity index (χ1n) is 6.36. The second kappa shape index (κ2) is 5.75. The van der Waals surface area contributed by atoms with E-state index in [-0.39, 0.29) is 10.7 Å². The lowest BCUT2D eigenvalue weighted by atomic mass is 9.84. The van der Waals surface area contributed by atoms with Crippen molar-refractivity contribution in [1.82, 2.24) is 5.32 Å². The molecule has 0 saturated heterocycles. The highest BCUT2D eigenvalue weighted by Crippen LogP contribution is 2.42. The van der Waals surface area contributed by atoms with Gasteiger partial charge in [-0.1, -0.05) is 22.4 Å². The van der Waals surface area contributed by atoms with Crippen molar-refractivity contribution in [2.45, 2.75) is 30.9 Å². The summed E-state index contributed by atoms with van der Waals surface area (Å²) in [6.45, 7) is 2.61. The normalized spacial score (nSPS) is 16.8. The van der Waals surface area contributed by atoms with E-state index in [4.69, 9.17) is 5.73 Å². The van der Waals surface area contributed by atoms with Crippen molar-refractivity contribution in [2.75, 3.05) is 18.5 Å². The fraction of sp³-hybridized carbons (Fsp3) is 0.500. The molecule has 1 aromatic rings. The molecule has 0 radical (unpaired) electrons. The van der Waals surface area contributed by atoms with Gasteiger partial charge in [-0.25, -0.2) is 0 Å². The van der Waals surface area contributed by atoms with Gasteiger partial charge in [0.1, 0.15) is 0 Å². The van der Waals surface area contributed by atoms with Crippen molar-refractivity contribution < 1.29 is 4.79 Å². The number of carbonyl (C=O) groups is 1. The highest BCUT2D eigenvalue weighted by molar-refractivity contribution is 9.10. The van der Waals surface area contributed by atoms with Crippen LogP contribution in [0.2, 0.25) is 0 Å². The largest absolute Gasteiger partial charge is 0.398 e. The summed E-state index contributed by atoms with van der Waals surface area (Å²) in [4.78, 5) is 12.3. The lowest BCUT2D eigenvalue weighted by Crippen LogP contribution is -2.45. The van der Waals surface area contributed by atoms with E-state index in [0.29, 0.717) is 11.3 Å². The first kappa shape index (κ1) is 14.7. The van der Waals surface area contributed by atoms with Crippen LogP contribution in [0.5, 0.6) is 0 Å². The van der Waals surface area contributed by atoms with Crippen LogP contribution >= 0.6 is 27.7 Å². The molecule has 19 heavy (non-hydrogen) atoms. The molecule has 1 fully saturated rings. The van der Waals surface area contributed by atoms with Crippen molar-refractivity contribution in [3.8, 4) is 0 Å². The van der Waals surface area contributed by atoms with E-state index in [0.717, 1.165) is 16.6 Å². The van der Waals surface area contributed by atoms with Gasteiger partial charge in [-0.2, -0.15) is 11.8 Å². The second-order valence-electron chi connectivity index (χ2n) is 5.09. The molecule has 0 bridgehead atoms. The van der Waals surface area contributed by atoms with E-state index in [1.807, 2.05) is 30.8 Å². The van der Waals surface area contributed by atoms with Crippen molar-refractivity contribution >= 4 is 39.3 Å². The van der Waals surface area contributed by atoms with Crippen molar-refractivity contribution in [1.29, 1.82) is 0 Å². The van der Waals surface area contributed by atoms with Crippen LogP contribution in [0.4, 0.5) is 5.69 Å². The SMILES string of the molecule is CSC1(CNC(=O)c2cc(Br)cc(N)c2C)CCC1. The minimum absolute atomic E-state index is 0.0363. The number of nitrogen functional groups attached to an aromatic ring is 1. The van der Waals surface area contributed by atoms with E-state index in [1.165, 1.54) is 19.3 Å². The summed E-state index contributed by atoms with van der Waals surface area (Å²) < 4.78 is 1.09. The Morgan fingerprint density at radius 3 is 2.74 bits per heavy atom. The van der Waals surface area contributed by atoms with E-state index >= 15 is 0 Å². The predicted molar refractivity (Wildman–Crippen MR) is 85.7 cm³/mol. The molecule has 1 aliphatic carbocycles. The molecule has 104 valence electrons. The van der Waals surface area contributed by atoms with Crippen LogP contribution in [0.3, 0.4) is 0 Å². The zero-order chi connectivity index (χ0) is 14.0. The van der Waals surface area contributed by atoms with Crippen LogP contribution in [-0.2, 0) is 0 Å². The number of nitrogens with one attached hydrogen (secondary N) is 1. The third kappa shape index (κ3) is 3.08. The minimum atomic E-state index is -0.0363. The maximum Gasteiger partial charge on any atom is 0.251 e. The second-order valence-corrected chi connectivity index (χ2v) is 7.28. The number of hydrogen-bond donors (Lipinski definition) is 2. The highest BCUT2D eigenvalue weighted by Gasteiger charge is 2.36. The summed E-state index contributed by atoms with van der Waals surface area (Å²) in [7, 11) is 0. The number of anilines is 1. The Labute approximate surface area is 126 Å². The average Bonchev–Trinajstić information content (AvgIpc) is 2.32. The molecule has 1 aliphatic rings. The van der Waals surface area contributed by atoms with Crippen molar-refractivity contribution in [3.05, 3.63) is 27.7 Å². The third-order valence-electron chi connectivity index (χ3n) is 3.93. The first-order valence-corrected chi connectivity index (χ1v) is 8.38. The summed E-state index contributed by atoms with van der Waals surface area (Å²) in [5.41, 5.74) is 8.03. The van der Waals surface area contributed by atoms with Gasteiger partial charge in [0.15, 0.2) is 0 Å². The molecule has 0 aromatic heterocycles. The van der Waals surface area contributed by atoms with Gasteiger partial charge < -0.3 is 11.1 Å². The smallest absolute Gasteiger partial charge is 0.251 e. The number of thioether (sulfide) groups is 1. The number of rotatable bonds is 4. The van der Waals surface area contributed by atoms with Crippen LogP contribution in [0.15, 0.2) is 16.6 Å². The summed E-state index contributed by atoms with van der Waals surface area (Å²) in [5, 5.41) is 3.05. The van der Waals surface area contributed by atoms with Gasteiger partial charge in [0.05, 0.1) is 0 Å². The third-order valence-corrected chi connectivity index (χ3v) is 5.80. The van der Waals surface area contributed by atoms with Crippen LogP contribution in [-0.4, -0.2) is 23.5 Å². The molecular formula is C14H19BrN2OS. The quantitative estimate of drug-likeness (QED) is 0.825. The summed E-state index contributed by atoms with van der Waals surface area (Å²) in [6.07, 6.45) is 5.76. The minimum Gasteiger partial charge on any atom is -0.398 e. The highest BCUT2D eigenvalue weighted by atomic mass is 79.9. The zero-order valence-electron chi connectivity index (χ0n) is 11.3. The van der Waals surface area contributed by atoms with E-state index < -0.39 is 0 Å². The number of halogens is 1. The zero-order valence-corrected chi connectivity index (χ0v) is 13.7. The first-order chi connectivity index (χ1) is 8.97. The van der Waals surface area contributed by atoms with Crippen molar-refractivity contribution in [2.24, 2.45) is 0 Å². The molecule has 0 unspecified atom stereocenters. The Morgan fingerprint density at radius 1 is 1.53 bits per heavy atom. The van der Waals surface area contributed by atoms with Gasteiger partial charge in [-0.15, -0.1) is 0 Å². The number of hydrogen-bond acceptors (Lipinski definition) is 3. The lowest BCUT2D eigenvalue weighted by Gasteiger charge is -2.40. The van der Waals surface area contributed by atoms with Gasteiger partial charge in [-0.05, 0) is 43.7 Å². The Balaban J connectivity index is 2.08. The summed E-state index contributed by atoms with van der Waals surface area (Å²) in [5.74, 6) is -0.0363. The summed E-state index contributed by atoms with van der Waals surface area (Å²) >= 11 is 5.24. The topological polar surface area (TPSA) is 55.1 Å². The van der Waals surface area contributed by atoms with Crippen LogP contribution < -0.4 is 11.1 Å². The van der Waals surface area contributed by atoms with Gasteiger partial charge in [0, 0.05) is 27.0 Å². The Hall–Kier alpha value is -0.680. The Bertz CT molecular complexity index is 495. The van der Waals surface area contributed by atoms with Crippen LogP contribution in [0, 0.1) is 6.92 Å². The van der Waals surface area contributed by atoms with Gasteiger partial charge >= 0.3 is 0 Å². The maximum absolute atomic E-state index is 12.3. The molecule has 3 N–H and O–H groups in total. The lowest BCUT2D eigenvalue weighted by molar-refractivity contribution is 0.0943. The molecule has 1 amide bonds. The van der Waals surface area contributed by atoms with Gasteiger partial charge in [0.25, 0.3) is 5.91 Å². The fourth-order valence-corrected chi connectivity index (χ4v) is 3.69. The molecule has 0 aliphatic heterocycles. The van der Waals surface area contributed by atoms with Gasteiger partial charge in [-0.3, -0.25) is 4.79 Å². The van der Waals surface area contributed by atoms with E-state index in [9.17, 15) is 4.79 Å². The molecule has 0 atom stereocenters. The standard InChI is InChI=1S/C14H19BrN2OS/c1-9-11(6-10(15)7-12(9)16)13(18)17-8-14(19-2)4-3-5-14/h6-7H,3-5,8,16H2,1-2H3,(H,17,18). The number of benzene rings is 1. The molecule has 0 spiro atoms. The Morgan fingerprint density at radius 2 is 2.21 bits per heavy atom. The fourth-order valence-electron chi connectivity index (χ4n) is 2.30. The number of amides is 1. The van der Waals surface area contributed by atoms with Gasteiger partial charge in [0.2, 0.25) is 0 Å². The molecule has 3 nitrogen and oxygen atoms in total. The Kier molecular flexibility index (Phi) is 4.46. The van der Waals surface area contributed by atoms with E-state index in [2.05, 4.69) is 27.5 Å². The maximum atomic E-state index is 12.3. The molecule has 0 heterocycles. The van der Waals surface area contributed by atoms with Crippen LogP contribution in [0.25, 0.3) is 0 Å².